The van der Waals surface area contributed by atoms with E-state index in [1.165, 1.54) is 16.7 Å². The Bertz CT molecular complexity index is 1390. The standard InChI is InChI=1S/C22H16ClN5O3/c1-3-22(6-7-22)27-16-10-19(29)28(2)18-5-4-12(8-13(16)18)25-15-9-17(21(30)31)26-20(23)14(15)11-24/h1,4-5,8-10,27H,6-7H2,2H3,(H,25,26)(H,30,31). The van der Waals surface area contributed by atoms with Gasteiger partial charge in [-0.25, -0.2) is 9.78 Å². The molecule has 1 aliphatic carbocycles. The number of nitrogens with one attached hydrogen (secondary N) is 2. The number of aryl methyl sites for hydroxylation is 1. The van der Waals surface area contributed by atoms with Crippen LogP contribution in [0.15, 0.2) is 35.1 Å². The van der Waals surface area contributed by atoms with Crippen LogP contribution in [-0.4, -0.2) is 26.2 Å². The van der Waals surface area contributed by atoms with Crippen molar-refractivity contribution in [2.45, 2.75) is 18.4 Å². The molecular formula is C22H16ClN5O3. The summed E-state index contributed by atoms with van der Waals surface area (Å²) < 4.78 is 1.52. The molecule has 8 nitrogen and oxygen atoms in total. The van der Waals surface area contributed by atoms with Gasteiger partial charge in [0.2, 0.25) is 0 Å². The van der Waals surface area contributed by atoms with Gasteiger partial charge in [-0.2, -0.15) is 5.26 Å². The van der Waals surface area contributed by atoms with Gasteiger partial charge < -0.3 is 20.3 Å². The smallest absolute Gasteiger partial charge is 0.354 e. The largest absolute Gasteiger partial charge is 0.477 e. The van der Waals surface area contributed by atoms with Crippen molar-refractivity contribution in [1.82, 2.24) is 9.55 Å². The lowest BCUT2D eigenvalue weighted by molar-refractivity contribution is 0.0690. The number of carbonyl (C=O) groups is 1. The van der Waals surface area contributed by atoms with Crippen LogP contribution in [0.1, 0.15) is 28.9 Å². The summed E-state index contributed by atoms with van der Waals surface area (Å²) in [4.78, 5) is 27.4. The Balaban J connectivity index is 1.83. The van der Waals surface area contributed by atoms with Crippen molar-refractivity contribution < 1.29 is 9.90 Å². The van der Waals surface area contributed by atoms with Crippen molar-refractivity contribution in [3.8, 4) is 18.4 Å². The number of hydrogen-bond acceptors (Lipinski definition) is 6. The van der Waals surface area contributed by atoms with Gasteiger partial charge in [-0.3, -0.25) is 4.79 Å². The van der Waals surface area contributed by atoms with Crippen molar-refractivity contribution >= 4 is 45.5 Å². The second-order valence-corrected chi connectivity index (χ2v) is 7.66. The molecule has 0 atom stereocenters. The highest BCUT2D eigenvalue weighted by molar-refractivity contribution is 6.31. The van der Waals surface area contributed by atoms with Crippen molar-refractivity contribution in [2.24, 2.45) is 7.05 Å². The van der Waals surface area contributed by atoms with Crippen LogP contribution in [0.3, 0.4) is 0 Å². The fraction of sp³-hybridized carbons (Fsp3) is 0.182. The molecule has 9 heteroatoms. The molecule has 2 aromatic heterocycles. The molecule has 1 saturated carbocycles. The minimum atomic E-state index is -1.27. The van der Waals surface area contributed by atoms with Crippen LogP contribution < -0.4 is 16.2 Å². The van der Waals surface area contributed by atoms with Crippen molar-refractivity contribution in [3.05, 3.63) is 57.1 Å². The summed E-state index contributed by atoms with van der Waals surface area (Å²) in [6.07, 6.45) is 7.27. The lowest BCUT2D eigenvalue weighted by Gasteiger charge is -2.17. The number of fused-ring (bicyclic) bond motifs is 1. The number of hydrogen-bond donors (Lipinski definition) is 3. The van der Waals surface area contributed by atoms with Gasteiger partial charge in [-0.05, 0) is 37.1 Å². The van der Waals surface area contributed by atoms with Gasteiger partial charge in [0.25, 0.3) is 5.56 Å². The number of halogens is 1. The summed E-state index contributed by atoms with van der Waals surface area (Å²) in [5.74, 6) is 1.48. The van der Waals surface area contributed by atoms with Crippen molar-refractivity contribution in [3.63, 3.8) is 0 Å². The molecular weight excluding hydrogens is 418 g/mol. The summed E-state index contributed by atoms with van der Waals surface area (Å²) >= 11 is 6.00. The van der Waals surface area contributed by atoms with E-state index in [4.69, 9.17) is 18.0 Å². The number of benzene rings is 1. The molecule has 0 amide bonds. The minimum absolute atomic E-state index is 0.0230. The molecule has 0 unspecified atom stereocenters. The topological polar surface area (TPSA) is 120 Å². The zero-order valence-electron chi connectivity index (χ0n) is 16.4. The maximum absolute atomic E-state index is 12.4. The molecule has 0 aliphatic heterocycles. The summed E-state index contributed by atoms with van der Waals surface area (Å²) in [5.41, 5.74) is 1.17. The van der Waals surface area contributed by atoms with Gasteiger partial charge in [0.1, 0.15) is 16.8 Å². The number of nitrogens with zero attached hydrogens (tertiary/aromatic N) is 3. The molecule has 3 aromatic rings. The number of aromatic carboxylic acids is 1. The molecule has 0 saturated heterocycles. The SMILES string of the molecule is C#CC1(Nc2cc(=O)n(C)c3ccc(Nc4cc(C(=O)O)nc(Cl)c4C#N)cc23)CC1. The van der Waals surface area contributed by atoms with Crippen LogP contribution in [0.4, 0.5) is 17.1 Å². The van der Waals surface area contributed by atoms with Gasteiger partial charge in [0.15, 0.2) is 5.69 Å². The molecule has 0 radical (unpaired) electrons. The fourth-order valence-electron chi connectivity index (χ4n) is 3.31. The second kappa shape index (κ2) is 7.35. The maximum Gasteiger partial charge on any atom is 0.354 e. The zero-order valence-corrected chi connectivity index (χ0v) is 17.1. The van der Waals surface area contributed by atoms with E-state index in [0.29, 0.717) is 16.9 Å². The van der Waals surface area contributed by atoms with Crippen LogP contribution >= 0.6 is 11.6 Å². The van der Waals surface area contributed by atoms with E-state index in [1.807, 2.05) is 6.07 Å². The van der Waals surface area contributed by atoms with E-state index >= 15 is 0 Å². The van der Waals surface area contributed by atoms with Gasteiger partial charge in [0, 0.05) is 24.2 Å². The lowest BCUT2D eigenvalue weighted by atomic mass is 10.1. The van der Waals surface area contributed by atoms with E-state index in [1.54, 1.807) is 25.2 Å². The molecule has 1 fully saturated rings. The number of pyridine rings is 2. The molecule has 31 heavy (non-hydrogen) atoms. The molecule has 1 aliphatic rings. The average molecular weight is 434 g/mol. The molecule has 2 heterocycles. The number of rotatable bonds is 5. The van der Waals surface area contributed by atoms with Crippen molar-refractivity contribution in [2.75, 3.05) is 10.6 Å². The second-order valence-electron chi connectivity index (χ2n) is 7.30. The summed E-state index contributed by atoms with van der Waals surface area (Å²) in [7, 11) is 1.67. The number of anilines is 3. The van der Waals surface area contributed by atoms with Gasteiger partial charge in [-0.1, -0.05) is 17.5 Å². The van der Waals surface area contributed by atoms with Gasteiger partial charge in [-0.15, -0.1) is 6.42 Å². The Kier molecular flexibility index (Phi) is 4.81. The minimum Gasteiger partial charge on any atom is -0.477 e. The molecule has 154 valence electrons. The molecule has 1 aromatic carbocycles. The highest BCUT2D eigenvalue weighted by atomic mass is 35.5. The summed E-state index contributed by atoms with van der Waals surface area (Å²) in [5, 5.41) is 25.5. The number of terminal acetylenes is 1. The quantitative estimate of drug-likeness (QED) is 0.416. The summed E-state index contributed by atoms with van der Waals surface area (Å²) in [6.45, 7) is 0. The third-order valence-electron chi connectivity index (χ3n) is 5.23. The van der Waals surface area contributed by atoms with E-state index < -0.39 is 11.5 Å². The molecule has 0 bridgehead atoms. The average Bonchev–Trinajstić information content (AvgIpc) is 3.51. The molecule has 4 rings (SSSR count). The van der Waals surface area contributed by atoms with E-state index in [2.05, 4.69) is 21.5 Å². The maximum atomic E-state index is 12.4. The first kappa shape index (κ1) is 20.3. The highest BCUT2D eigenvalue weighted by Gasteiger charge is 2.41. The van der Waals surface area contributed by atoms with Crippen LogP contribution in [0.25, 0.3) is 10.9 Å². The van der Waals surface area contributed by atoms with Crippen LogP contribution in [0.5, 0.6) is 0 Å². The predicted molar refractivity (Wildman–Crippen MR) is 118 cm³/mol. The lowest BCUT2D eigenvalue weighted by Crippen LogP contribution is -2.23. The van der Waals surface area contributed by atoms with Crippen LogP contribution in [-0.2, 0) is 7.05 Å². The normalized spacial score (nSPS) is 13.8. The third kappa shape index (κ3) is 3.65. The first-order valence-corrected chi connectivity index (χ1v) is 9.65. The first-order valence-electron chi connectivity index (χ1n) is 9.27. The van der Waals surface area contributed by atoms with E-state index in [9.17, 15) is 20.0 Å². The molecule has 3 N–H and O–H groups in total. The Morgan fingerprint density at radius 2 is 2.06 bits per heavy atom. The van der Waals surface area contributed by atoms with Gasteiger partial charge >= 0.3 is 5.97 Å². The third-order valence-corrected chi connectivity index (χ3v) is 5.51. The summed E-state index contributed by atoms with van der Waals surface area (Å²) in [6, 6.07) is 9.94. The first-order chi connectivity index (χ1) is 14.8. The van der Waals surface area contributed by atoms with E-state index in [-0.39, 0.29) is 27.7 Å². The number of carboxylic acid groups (broad SMARTS) is 1. The molecule has 0 spiro atoms. The number of nitriles is 1. The fourth-order valence-corrected chi connectivity index (χ4v) is 3.55. The van der Waals surface area contributed by atoms with Crippen LogP contribution in [0, 0.1) is 23.7 Å². The Morgan fingerprint density at radius 1 is 1.32 bits per heavy atom. The Hall–Kier alpha value is -4.01. The number of carboxylic acids is 1. The van der Waals surface area contributed by atoms with Gasteiger partial charge in [0.05, 0.1) is 22.4 Å². The Morgan fingerprint density at radius 3 is 2.68 bits per heavy atom. The highest BCUT2D eigenvalue weighted by Crippen LogP contribution is 2.40. The van der Waals surface area contributed by atoms with E-state index in [0.717, 1.165) is 18.2 Å². The Labute approximate surface area is 182 Å². The predicted octanol–water partition coefficient (Wildman–Crippen LogP) is 3.48. The zero-order chi connectivity index (χ0) is 22.3. The monoisotopic (exact) mass is 433 g/mol. The van der Waals surface area contributed by atoms with Crippen molar-refractivity contribution in [1.29, 1.82) is 5.26 Å². The number of aromatic nitrogens is 2. The van der Waals surface area contributed by atoms with Crippen LogP contribution in [0.2, 0.25) is 5.15 Å².